The minimum Gasteiger partial charge on any atom is -0.444 e. The molecule has 0 aliphatic rings. The van der Waals surface area contributed by atoms with Crippen LogP contribution in [0.3, 0.4) is 0 Å². The topological polar surface area (TPSA) is 90.7 Å². The molecule has 170 valence electrons. The molecule has 0 aliphatic heterocycles. The molecule has 2 aromatic heterocycles. The Hall–Kier alpha value is -3.42. The van der Waals surface area contributed by atoms with Crippen LogP contribution in [0.4, 0.5) is 9.59 Å². The Morgan fingerprint density at radius 1 is 1.03 bits per heavy atom. The fourth-order valence-corrected chi connectivity index (χ4v) is 3.45. The first-order valence-corrected chi connectivity index (χ1v) is 10.3. The van der Waals surface area contributed by atoms with E-state index in [1.54, 1.807) is 73.1 Å². The average molecular weight is 440 g/mol. The Kier molecular flexibility index (Phi) is 6.00. The average Bonchev–Trinajstić information content (AvgIpc) is 2.98. The lowest BCUT2D eigenvalue weighted by Gasteiger charge is -2.25. The highest BCUT2D eigenvalue weighted by molar-refractivity contribution is 6.14. The van der Waals surface area contributed by atoms with Crippen LogP contribution in [0.1, 0.15) is 57.6 Å². The van der Waals surface area contributed by atoms with Gasteiger partial charge >= 0.3 is 12.2 Å². The van der Waals surface area contributed by atoms with Crippen molar-refractivity contribution in [2.45, 2.75) is 59.3 Å². The van der Waals surface area contributed by atoms with E-state index in [2.05, 4.69) is 4.98 Å². The third-order valence-electron chi connectivity index (χ3n) is 4.67. The summed E-state index contributed by atoms with van der Waals surface area (Å²) in [5.41, 5.74) is -0.231. The first kappa shape index (κ1) is 23.2. The van der Waals surface area contributed by atoms with Crippen LogP contribution in [-0.4, -0.2) is 51.2 Å². The Morgan fingerprint density at radius 3 is 2.28 bits per heavy atom. The molecular weight excluding hydrogens is 410 g/mol. The van der Waals surface area contributed by atoms with Gasteiger partial charge in [0, 0.05) is 41.2 Å². The molecule has 0 radical (unpaired) electrons. The molecule has 0 spiro atoms. The summed E-state index contributed by atoms with van der Waals surface area (Å²) in [6.45, 7) is 10.6. The molecule has 8 heteroatoms. The van der Waals surface area contributed by atoms with Crippen LogP contribution in [0.2, 0.25) is 0 Å². The molecule has 1 aromatic carbocycles. The number of amides is 1. The summed E-state index contributed by atoms with van der Waals surface area (Å²) in [6, 6.07) is 5.41. The minimum absolute atomic E-state index is 0.0243. The van der Waals surface area contributed by atoms with E-state index in [4.69, 9.17) is 9.47 Å². The molecule has 2 heterocycles. The maximum Gasteiger partial charge on any atom is 0.419 e. The van der Waals surface area contributed by atoms with Crippen molar-refractivity contribution < 1.29 is 23.9 Å². The monoisotopic (exact) mass is 439 g/mol. The van der Waals surface area contributed by atoms with Gasteiger partial charge in [0.05, 0.1) is 17.8 Å². The van der Waals surface area contributed by atoms with Crippen molar-refractivity contribution in [1.82, 2.24) is 14.5 Å². The number of fused-ring (bicyclic) bond motifs is 3. The van der Waals surface area contributed by atoms with E-state index < -0.39 is 23.4 Å². The summed E-state index contributed by atoms with van der Waals surface area (Å²) >= 11 is 0. The van der Waals surface area contributed by atoms with Crippen molar-refractivity contribution in [2.24, 2.45) is 0 Å². The first-order chi connectivity index (χ1) is 14.8. The molecule has 0 fully saturated rings. The van der Waals surface area contributed by atoms with Crippen LogP contribution in [0.5, 0.6) is 0 Å². The molecule has 0 atom stereocenters. The Bertz CT molecular complexity index is 1200. The largest absolute Gasteiger partial charge is 0.444 e. The molecule has 3 rings (SSSR count). The van der Waals surface area contributed by atoms with Crippen LogP contribution < -0.4 is 0 Å². The van der Waals surface area contributed by atoms with E-state index in [9.17, 15) is 14.4 Å². The molecule has 0 N–H and O–H groups in total. The van der Waals surface area contributed by atoms with E-state index in [1.165, 1.54) is 9.47 Å². The number of aldehydes is 1. The summed E-state index contributed by atoms with van der Waals surface area (Å²) in [7, 11) is 1.56. The maximum atomic E-state index is 13.3. The smallest absolute Gasteiger partial charge is 0.419 e. The lowest BCUT2D eigenvalue weighted by Crippen LogP contribution is -2.35. The normalized spacial score (nSPS) is 12.1. The van der Waals surface area contributed by atoms with Crippen LogP contribution >= 0.6 is 0 Å². The van der Waals surface area contributed by atoms with Gasteiger partial charge in [-0.05, 0) is 47.6 Å². The van der Waals surface area contributed by atoms with Crippen molar-refractivity contribution in [3.63, 3.8) is 0 Å². The quantitative estimate of drug-likeness (QED) is 0.524. The second kappa shape index (κ2) is 8.26. The van der Waals surface area contributed by atoms with Gasteiger partial charge in [-0.15, -0.1) is 0 Å². The number of ether oxygens (including phenoxy) is 2. The second-order valence-corrected chi connectivity index (χ2v) is 9.69. The second-order valence-electron chi connectivity index (χ2n) is 9.69. The maximum absolute atomic E-state index is 13.3. The van der Waals surface area contributed by atoms with Gasteiger partial charge in [0.1, 0.15) is 11.2 Å². The Labute approximate surface area is 187 Å². The molecule has 3 aromatic rings. The molecule has 32 heavy (non-hydrogen) atoms. The third-order valence-corrected chi connectivity index (χ3v) is 4.67. The number of carbonyl (C=O) groups is 3. The SMILES string of the molecule is CN(Cc1c(C=O)c2ccc3cnccc3c2n1C(=O)OC(C)(C)C)C(=O)OC(C)(C)C. The third kappa shape index (κ3) is 4.74. The van der Waals surface area contributed by atoms with Gasteiger partial charge < -0.3 is 14.4 Å². The zero-order valence-electron chi connectivity index (χ0n) is 19.6. The number of pyridine rings is 1. The van der Waals surface area contributed by atoms with E-state index >= 15 is 0 Å². The summed E-state index contributed by atoms with van der Waals surface area (Å²) in [5, 5.41) is 2.15. The van der Waals surface area contributed by atoms with Crippen molar-refractivity contribution in [2.75, 3.05) is 7.05 Å². The predicted molar refractivity (Wildman–Crippen MR) is 122 cm³/mol. The van der Waals surface area contributed by atoms with Crippen LogP contribution in [-0.2, 0) is 16.0 Å². The lowest BCUT2D eigenvalue weighted by molar-refractivity contribution is 0.0274. The molecule has 0 aliphatic carbocycles. The van der Waals surface area contributed by atoms with Gasteiger partial charge in [-0.25, -0.2) is 14.2 Å². The highest BCUT2D eigenvalue weighted by Crippen LogP contribution is 2.33. The van der Waals surface area contributed by atoms with Crippen molar-refractivity contribution in [3.05, 3.63) is 41.9 Å². The molecule has 0 saturated carbocycles. The number of nitrogens with zero attached hydrogens (tertiary/aromatic N) is 3. The standard InChI is InChI=1S/C24H29N3O5/c1-23(2,3)31-21(29)26(7)13-19-18(14-28)17-9-8-15-12-25-11-10-16(15)20(17)27(19)22(30)32-24(4,5)6/h8-12,14H,13H2,1-7H3. The van der Waals surface area contributed by atoms with Crippen LogP contribution in [0.25, 0.3) is 21.7 Å². The fourth-order valence-electron chi connectivity index (χ4n) is 3.45. The number of benzene rings is 1. The van der Waals surface area contributed by atoms with E-state index in [-0.39, 0.29) is 6.54 Å². The van der Waals surface area contributed by atoms with E-state index in [0.29, 0.717) is 28.4 Å². The van der Waals surface area contributed by atoms with Crippen LogP contribution in [0, 0.1) is 0 Å². The zero-order valence-corrected chi connectivity index (χ0v) is 19.6. The Morgan fingerprint density at radius 2 is 1.69 bits per heavy atom. The highest BCUT2D eigenvalue weighted by Gasteiger charge is 2.29. The van der Waals surface area contributed by atoms with Crippen molar-refractivity contribution in [3.8, 4) is 0 Å². The summed E-state index contributed by atoms with van der Waals surface area (Å²) < 4.78 is 12.5. The number of aromatic nitrogens is 2. The van der Waals surface area contributed by atoms with Gasteiger partial charge in [0.2, 0.25) is 0 Å². The van der Waals surface area contributed by atoms with Crippen molar-refractivity contribution in [1.29, 1.82) is 0 Å². The number of carbonyl (C=O) groups excluding carboxylic acids is 3. The van der Waals surface area contributed by atoms with Gasteiger partial charge in [-0.1, -0.05) is 12.1 Å². The Balaban J connectivity index is 2.25. The first-order valence-electron chi connectivity index (χ1n) is 10.3. The summed E-state index contributed by atoms with van der Waals surface area (Å²) in [4.78, 5) is 43.5. The summed E-state index contributed by atoms with van der Waals surface area (Å²) in [6.07, 6.45) is 2.82. The summed E-state index contributed by atoms with van der Waals surface area (Å²) in [5.74, 6) is 0. The highest BCUT2D eigenvalue weighted by atomic mass is 16.6. The number of hydrogen-bond acceptors (Lipinski definition) is 6. The van der Waals surface area contributed by atoms with Gasteiger partial charge in [-0.3, -0.25) is 9.78 Å². The van der Waals surface area contributed by atoms with E-state index in [0.717, 1.165) is 10.8 Å². The lowest BCUT2D eigenvalue weighted by atomic mass is 10.1. The molecule has 0 bridgehead atoms. The van der Waals surface area contributed by atoms with Gasteiger partial charge in [0.25, 0.3) is 0 Å². The predicted octanol–water partition coefficient (Wildman–Crippen LogP) is 5.15. The van der Waals surface area contributed by atoms with E-state index in [1.807, 2.05) is 6.07 Å². The molecule has 0 saturated heterocycles. The van der Waals surface area contributed by atoms with Gasteiger partial charge in [0.15, 0.2) is 6.29 Å². The van der Waals surface area contributed by atoms with Gasteiger partial charge in [-0.2, -0.15) is 0 Å². The number of rotatable bonds is 3. The van der Waals surface area contributed by atoms with Crippen molar-refractivity contribution >= 4 is 40.1 Å². The van der Waals surface area contributed by atoms with Crippen LogP contribution in [0.15, 0.2) is 30.6 Å². The molecule has 1 amide bonds. The number of hydrogen-bond donors (Lipinski definition) is 0. The molecular formula is C24H29N3O5. The fraction of sp³-hybridized carbons (Fsp3) is 0.417. The minimum atomic E-state index is -0.754. The molecule has 8 nitrogen and oxygen atoms in total. The molecule has 0 unspecified atom stereocenters. The zero-order chi connectivity index (χ0) is 23.8.